The first-order valence-corrected chi connectivity index (χ1v) is 9.85. The summed E-state index contributed by atoms with van der Waals surface area (Å²) in [6.07, 6.45) is 5.00. The predicted molar refractivity (Wildman–Crippen MR) is 95.3 cm³/mol. The van der Waals surface area contributed by atoms with E-state index in [1.54, 1.807) is 24.3 Å². The molecule has 142 valence electrons. The van der Waals surface area contributed by atoms with E-state index in [1.807, 2.05) is 12.1 Å². The monoisotopic (exact) mass is 386 g/mol. The van der Waals surface area contributed by atoms with Crippen LogP contribution < -0.4 is 4.18 Å². The molecule has 3 nitrogen and oxygen atoms in total. The molecule has 0 unspecified atom stereocenters. The Kier molecular flexibility index (Phi) is 6.69. The second-order valence-corrected chi connectivity index (χ2v) is 7.48. The molecule has 2 aromatic rings. The molecule has 0 aliphatic heterocycles. The normalized spacial score (nSPS) is 12.2. The van der Waals surface area contributed by atoms with Gasteiger partial charge in [0.1, 0.15) is 0 Å². The molecule has 7 heteroatoms. The quantitative estimate of drug-likeness (QED) is 0.332. The van der Waals surface area contributed by atoms with Gasteiger partial charge in [-0.05, 0) is 30.0 Å². The summed E-state index contributed by atoms with van der Waals surface area (Å²) < 4.78 is 65.1. The average Bonchev–Trinajstić information content (AvgIpc) is 2.58. The van der Waals surface area contributed by atoms with Crippen LogP contribution in [0.4, 0.5) is 13.2 Å². The molecular formula is C19H21F3O3S. The molecule has 0 bridgehead atoms. The molecule has 26 heavy (non-hydrogen) atoms. The van der Waals surface area contributed by atoms with Gasteiger partial charge in [0.25, 0.3) is 0 Å². The highest BCUT2D eigenvalue weighted by Crippen LogP contribution is 2.36. The second-order valence-electron chi connectivity index (χ2n) is 5.95. The maximum absolute atomic E-state index is 12.7. The number of halogens is 3. The zero-order valence-electron chi connectivity index (χ0n) is 14.4. The van der Waals surface area contributed by atoms with Crippen molar-refractivity contribution in [2.75, 3.05) is 0 Å². The Bertz CT molecular complexity index is 830. The highest BCUT2D eigenvalue weighted by molar-refractivity contribution is 7.88. The first-order valence-electron chi connectivity index (χ1n) is 8.44. The van der Waals surface area contributed by atoms with Gasteiger partial charge in [-0.25, -0.2) is 0 Å². The summed E-state index contributed by atoms with van der Waals surface area (Å²) in [6, 6.07) is 13.1. The van der Waals surface area contributed by atoms with Crippen molar-refractivity contribution in [3.8, 4) is 16.9 Å². The second kappa shape index (κ2) is 8.58. The van der Waals surface area contributed by atoms with Crippen LogP contribution in [0.1, 0.15) is 38.2 Å². The van der Waals surface area contributed by atoms with Gasteiger partial charge >= 0.3 is 15.6 Å². The summed E-state index contributed by atoms with van der Waals surface area (Å²) in [4.78, 5) is 0. The van der Waals surface area contributed by atoms with Crippen molar-refractivity contribution in [3.63, 3.8) is 0 Å². The van der Waals surface area contributed by atoms with Crippen LogP contribution in [0.5, 0.6) is 5.75 Å². The Morgan fingerprint density at radius 1 is 0.885 bits per heavy atom. The molecule has 0 aliphatic carbocycles. The first kappa shape index (κ1) is 20.3. The van der Waals surface area contributed by atoms with Gasteiger partial charge in [-0.2, -0.15) is 21.6 Å². The zero-order chi connectivity index (χ0) is 19.2. The Labute approximate surface area is 151 Å². The summed E-state index contributed by atoms with van der Waals surface area (Å²) >= 11 is 0. The fraction of sp³-hybridized carbons (Fsp3) is 0.368. The average molecular weight is 386 g/mol. The first-order chi connectivity index (χ1) is 12.3. The third-order valence-electron chi connectivity index (χ3n) is 3.98. The molecular weight excluding hydrogens is 365 g/mol. The van der Waals surface area contributed by atoms with Crippen LogP contribution in [0.3, 0.4) is 0 Å². The van der Waals surface area contributed by atoms with E-state index in [-0.39, 0.29) is 5.75 Å². The number of hydrogen-bond donors (Lipinski definition) is 0. The highest BCUT2D eigenvalue weighted by atomic mass is 32.2. The van der Waals surface area contributed by atoms with Crippen molar-refractivity contribution < 1.29 is 25.8 Å². The van der Waals surface area contributed by atoms with Gasteiger partial charge in [0.2, 0.25) is 0 Å². The Balaban J connectivity index is 2.36. The molecule has 0 fully saturated rings. The summed E-state index contributed by atoms with van der Waals surface area (Å²) in [5.41, 5.74) is -3.52. The van der Waals surface area contributed by atoms with Gasteiger partial charge < -0.3 is 4.18 Å². The number of para-hydroxylation sites is 1. The van der Waals surface area contributed by atoms with Gasteiger partial charge in [0.15, 0.2) is 5.75 Å². The van der Waals surface area contributed by atoms with Crippen molar-refractivity contribution in [3.05, 3.63) is 54.1 Å². The maximum atomic E-state index is 12.7. The van der Waals surface area contributed by atoms with Crippen LogP contribution in [0.2, 0.25) is 0 Å². The van der Waals surface area contributed by atoms with Crippen molar-refractivity contribution >= 4 is 10.1 Å². The summed E-state index contributed by atoms with van der Waals surface area (Å²) in [5, 5.41) is 0. The van der Waals surface area contributed by atoms with Gasteiger partial charge in [-0.3, -0.25) is 0 Å². The highest BCUT2D eigenvalue weighted by Gasteiger charge is 2.48. The minimum absolute atomic E-state index is 0.325. The molecule has 0 aromatic heterocycles. The van der Waals surface area contributed by atoms with E-state index in [0.29, 0.717) is 11.1 Å². The van der Waals surface area contributed by atoms with Crippen molar-refractivity contribution in [2.45, 2.75) is 44.5 Å². The number of rotatable bonds is 8. The van der Waals surface area contributed by atoms with Crippen LogP contribution in [0.15, 0.2) is 48.5 Å². The molecule has 2 rings (SSSR count). The molecule has 0 radical (unpaired) electrons. The Hall–Kier alpha value is -2.02. The minimum atomic E-state index is -5.72. The van der Waals surface area contributed by atoms with Crippen molar-refractivity contribution in [1.29, 1.82) is 0 Å². The van der Waals surface area contributed by atoms with Crippen LogP contribution in [-0.2, 0) is 16.5 Å². The zero-order valence-corrected chi connectivity index (χ0v) is 15.2. The van der Waals surface area contributed by atoms with E-state index < -0.39 is 15.6 Å². The lowest BCUT2D eigenvalue weighted by Crippen LogP contribution is -2.28. The standard InChI is InChI=1S/C19H21F3O3S/c1-2-3-4-5-10-15-11-6-7-12-16(15)17-13-8-9-14-18(17)25-26(23,24)19(20,21)22/h6-9,11-14H,2-5,10H2,1H3. The number of aryl methyl sites for hydroxylation is 1. The fourth-order valence-electron chi connectivity index (χ4n) is 2.67. The largest absolute Gasteiger partial charge is 0.534 e. The maximum Gasteiger partial charge on any atom is 0.534 e. The number of unbranched alkanes of at least 4 members (excludes halogenated alkanes) is 3. The molecule has 0 amide bonds. The van der Waals surface area contributed by atoms with Crippen LogP contribution in [0, 0.1) is 0 Å². The molecule has 0 heterocycles. The Morgan fingerprint density at radius 3 is 2.15 bits per heavy atom. The number of benzene rings is 2. The molecule has 0 saturated carbocycles. The van der Waals surface area contributed by atoms with E-state index >= 15 is 0 Å². The number of alkyl halides is 3. The van der Waals surface area contributed by atoms with E-state index in [4.69, 9.17) is 0 Å². The van der Waals surface area contributed by atoms with Crippen molar-refractivity contribution in [1.82, 2.24) is 0 Å². The molecule has 2 aromatic carbocycles. The van der Waals surface area contributed by atoms with Crippen LogP contribution >= 0.6 is 0 Å². The SMILES string of the molecule is CCCCCCc1ccccc1-c1ccccc1OS(=O)(=O)C(F)(F)F. The lowest BCUT2D eigenvalue weighted by molar-refractivity contribution is -0.0499. The molecule has 0 spiro atoms. The van der Waals surface area contributed by atoms with E-state index in [9.17, 15) is 21.6 Å². The minimum Gasteiger partial charge on any atom is -0.375 e. The molecule has 0 N–H and O–H groups in total. The molecule has 0 aliphatic rings. The van der Waals surface area contributed by atoms with Gasteiger partial charge in [0.05, 0.1) is 0 Å². The van der Waals surface area contributed by atoms with E-state index in [0.717, 1.165) is 37.7 Å². The fourth-order valence-corrected chi connectivity index (χ4v) is 3.15. The molecule has 0 atom stereocenters. The molecule has 0 saturated heterocycles. The van der Waals surface area contributed by atoms with E-state index in [1.165, 1.54) is 12.1 Å². The van der Waals surface area contributed by atoms with Gasteiger partial charge in [-0.1, -0.05) is 68.7 Å². The summed E-state index contributed by atoms with van der Waals surface area (Å²) in [5.74, 6) is -0.328. The third kappa shape index (κ3) is 5.00. The van der Waals surface area contributed by atoms with Crippen LogP contribution in [-0.4, -0.2) is 13.9 Å². The van der Waals surface area contributed by atoms with Gasteiger partial charge in [0, 0.05) is 5.56 Å². The van der Waals surface area contributed by atoms with Gasteiger partial charge in [-0.15, -0.1) is 0 Å². The predicted octanol–water partition coefficient (Wildman–Crippen LogP) is 5.70. The van der Waals surface area contributed by atoms with Crippen LogP contribution in [0.25, 0.3) is 11.1 Å². The third-order valence-corrected chi connectivity index (χ3v) is 4.94. The number of hydrogen-bond acceptors (Lipinski definition) is 3. The smallest absolute Gasteiger partial charge is 0.375 e. The topological polar surface area (TPSA) is 43.4 Å². The summed E-state index contributed by atoms with van der Waals surface area (Å²) in [7, 11) is -5.72. The lowest BCUT2D eigenvalue weighted by atomic mass is 9.95. The van der Waals surface area contributed by atoms with E-state index in [2.05, 4.69) is 11.1 Å². The Morgan fingerprint density at radius 2 is 1.50 bits per heavy atom. The van der Waals surface area contributed by atoms with Crippen molar-refractivity contribution in [2.24, 2.45) is 0 Å². The lowest BCUT2D eigenvalue weighted by Gasteiger charge is -2.15. The summed E-state index contributed by atoms with van der Waals surface area (Å²) in [6.45, 7) is 2.11.